The average Bonchev–Trinajstić information content (AvgIpc) is 3.47. The van der Waals surface area contributed by atoms with Gasteiger partial charge in [0.2, 0.25) is 5.91 Å². The van der Waals surface area contributed by atoms with Crippen LogP contribution in [0.5, 0.6) is 0 Å². The van der Waals surface area contributed by atoms with Crippen LogP contribution in [0.2, 0.25) is 0 Å². The third kappa shape index (κ3) is 9.33. The molecule has 1 aliphatic carbocycles. The first-order valence-corrected chi connectivity index (χ1v) is 18.5. The van der Waals surface area contributed by atoms with Gasteiger partial charge in [0.15, 0.2) is 0 Å². The predicted molar refractivity (Wildman–Crippen MR) is 203 cm³/mol. The fourth-order valence-electron chi connectivity index (χ4n) is 5.95. The molecule has 0 fully saturated rings. The summed E-state index contributed by atoms with van der Waals surface area (Å²) < 4.78 is 19.7. The van der Waals surface area contributed by atoms with E-state index in [-0.39, 0.29) is 22.6 Å². The Morgan fingerprint density at radius 2 is 1.73 bits per heavy atom. The Morgan fingerprint density at radius 1 is 1.00 bits per heavy atom. The van der Waals surface area contributed by atoms with Gasteiger partial charge in [-0.25, -0.2) is 9.18 Å². The fraction of sp³-hybridized carbons (Fsp3) is 0.300. The second-order valence-corrected chi connectivity index (χ2v) is 15.8. The predicted octanol–water partition coefficient (Wildman–Crippen LogP) is 8.74. The van der Waals surface area contributed by atoms with E-state index in [1.54, 1.807) is 54.6 Å². The van der Waals surface area contributed by atoms with Crippen LogP contribution in [-0.4, -0.2) is 36.1 Å². The molecule has 3 N–H and O–H groups in total. The van der Waals surface area contributed by atoms with E-state index in [1.807, 2.05) is 13.0 Å². The fourth-order valence-corrected chi connectivity index (χ4v) is 8.28. The van der Waals surface area contributed by atoms with Gasteiger partial charge >= 0.3 is 5.97 Å². The molecule has 0 radical (unpaired) electrons. The summed E-state index contributed by atoms with van der Waals surface area (Å²) in [6.45, 7) is 8.60. The Morgan fingerprint density at radius 3 is 2.41 bits per heavy atom. The van der Waals surface area contributed by atoms with Gasteiger partial charge in [-0.3, -0.25) is 14.4 Å². The lowest BCUT2D eigenvalue weighted by molar-refractivity contribution is -0.116. The largest absolute Gasteiger partial charge is 0.465 e. The molecule has 1 heterocycles. The summed E-state index contributed by atoms with van der Waals surface area (Å²) in [5.41, 5.74) is 2.28. The number of methoxy groups -OCH3 is 1. The Kier molecular flexibility index (Phi) is 12.2. The summed E-state index contributed by atoms with van der Waals surface area (Å²) in [5, 5.41) is 8.46. The normalized spacial score (nSPS) is 14.9. The zero-order valence-corrected chi connectivity index (χ0v) is 30.9. The highest BCUT2D eigenvalue weighted by molar-refractivity contribution is 8.00. The molecular formula is C40H42FN3O5S2. The van der Waals surface area contributed by atoms with Crippen LogP contribution in [0.15, 0.2) is 89.5 Å². The zero-order valence-electron chi connectivity index (χ0n) is 29.3. The molecule has 51 heavy (non-hydrogen) atoms. The second-order valence-electron chi connectivity index (χ2n) is 13.4. The third-order valence-corrected chi connectivity index (χ3v) is 11.4. The quantitative estimate of drug-likeness (QED) is 0.0809. The van der Waals surface area contributed by atoms with Gasteiger partial charge in [-0.05, 0) is 85.1 Å². The molecule has 1 aliphatic rings. The molecule has 2 unspecified atom stereocenters. The van der Waals surface area contributed by atoms with Gasteiger partial charge in [-0.2, -0.15) is 0 Å². The molecule has 0 spiro atoms. The van der Waals surface area contributed by atoms with E-state index in [1.165, 1.54) is 54.5 Å². The molecule has 2 atom stereocenters. The summed E-state index contributed by atoms with van der Waals surface area (Å²) in [6, 6.07) is 21.4. The highest BCUT2D eigenvalue weighted by Crippen LogP contribution is 2.45. The molecule has 4 aromatic rings. The van der Waals surface area contributed by atoms with E-state index < -0.39 is 28.9 Å². The number of thioether (sulfide) groups is 1. The van der Waals surface area contributed by atoms with Crippen LogP contribution in [0.4, 0.5) is 15.1 Å². The minimum Gasteiger partial charge on any atom is -0.465 e. The number of ether oxygens (including phenoxy) is 1. The van der Waals surface area contributed by atoms with Crippen molar-refractivity contribution in [2.45, 2.75) is 63.5 Å². The average molecular weight is 728 g/mol. The maximum Gasteiger partial charge on any atom is 0.341 e. The van der Waals surface area contributed by atoms with Gasteiger partial charge in [0.1, 0.15) is 16.5 Å². The van der Waals surface area contributed by atoms with Crippen LogP contribution in [0, 0.1) is 17.2 Å². The van der Waals surface area contributed by atoms with Crippen molar-refractivity contribution >= 4 is 63.6 Å². The summed E-state index contributed by atoms with van der Waals surface area (Å²) in [7, 11) is 1.35. The first-order valence-electron chi connectivity index (χ1n) is 16.8. The molecule has 0 aliphatic heterocycles. The Bertz CT molecular complexity index is 1950. The molecule has 1 aromatic heterocycles. The van der Waals surface area contributed by atoms with Crippen molar-refractivity contribution in [2.24, 2.45) is 11.3 Å². The van der Waals surface area contributed by atoms with E-state index in [0.29, 0.717) is 34.2 Å². The van der Waals surface area contributed by atoms with E-state index in [4.69, 9.17) is 4.74 Å². The number of esters is 1. The summed E-state index contributed by atoms with van der Waals surface area (Å²) >= 11 is 2.78. The smallest absolute Gasteiger partial charge is 0.341 e. The number of nitrogens with one attached hydrogen (secondary N) is 3. The third-order valence-electron chi connectivity index (χ3n) is 8.88. The Labute approximate surface area is 306 Å². The Hall–Kier alpha value is -4.74. The molecule has 0 bridgehead atoms. The number of fused-ring (bicyclic) bond motifs is 1. The topological polar surface area (TPSA) is 114 Å². The van der Waals surface area contributed by atoms with E-state index >= 15 is 0 Å². The van der Waals surface area contributed by atoms with Gasteiger partial charge in [0.25, 0.3) is 11.8 Å². The number of anilines is 2. The zero-order chi connectivity index (χ0) is 36.7. The molecule has 5 rings (SSSR count). The Balaban J connectivity index is 1.32. The van der Waals surface area contributed by atoms with Crippen molar-refractivity contribution < 1.29 is 28.3 Å². The first kappa shape index (κ1) is 37.5. The molecule has 0 saturated heterocycles. The molecule has 3 aromatic carbocycles. The molecule has 266 valence electrons. The molecule has 8 nitrogen and oxygen atoms in total. The lowest BCUT2D eigenvalue weighted by Crippen LogP contribution is -2.30. The van der Waals surface area contributed by atoms with Crippen LogP contribution in [-0.2, 0) is 27.2 Å². The summed E-state index contributed by atoms with van der Waals surface area (Å²) in [6.07, 6.45) is 4.35. The van der Waals surface area contributed by atoms with Gasteiger partial charge in [-0.1, -0.05) is 70.2 Å². The lowest BCUT2D eigenvalue weighted by Gasteiger charge is -2.33. The van der Waals surface area contributed by atoms with Gasteiger partial charge in [-0.15, -0.1) is 23.1 Å². The van der Waals surface area contributed by atoms with Crippen LogP contribution in [0.25, 0.3) is 6.08 Å². The minimum absolute atomic E-state index is 0.127. The van der Waals surface area contributed by atoms with E-state index in [9.17, 15) is 23.6 Å². The van der Waals surface area contributed by atoms with Crippen molar-refractivity contribution in [1.82, 2.24) is 5.32 Å². The van der Waals surface area contributed by atoms with E-state index in [2.05, 4.69) is 36.7 Å². The van der Waals surface area contributed by atoms with Gasteiger partial charge in [0.05, 0.1) is 17.9 Å². The number of carbonyl (C=O) groups excluding carboxylic acids is 4. The number of hydrogen-bond acceptors (Lipinski definition) is 7. The maximum absolute atomic E-state index is 14.6. The number of hydrogen-bond donors (Lipinski definition) is 3. The minimum atomic E-state index is -0.653. The highest BCUT2D eigenvalue weighted by Gasteiger charge is 2.35. The van der Waals surface area contributed by atoms with Crippen molar-refractivity contribution in [3.05, 3.63) is 118 Å². The van der Waals surface area contributed by atoms with Crippen molar-refractivity contribution in [3.8, 4) is 0 Å². The highest BCUT2D eigenvalue weighted by atomic mass is 32.2. The second kappa shape index (κ2) is 16.5. The molecular weight excluding hydrogens is 686 g/mol. The number of halogens is 1. The van der Waals surface area contributed by atoms with Crippen LogP contribution in [0.1, 0.15) is 77.3 Å². The van der Waals surface area contributed by atoms with Crippen LogP contribution >= 0.6 is 23.1 Å². The van der Waals surface area contributed by atoms with Gasteiger partial charge in [0, 0.05) is 26.6 Å². The maximum atomic E-state index is 14.6. The first-order chi connectivity index (χ1) is 24.4. The monoisotopic (exact) mass is 727 g/mol. The number of thiophene rings is 1. The van der Waals surface area contributed by atoms with Crippen LogP contribution in [0.3, 0.4) is 0 Å². The standard InChI is InChI=1S/C40H42FN3O5S2/c1-6-32(37(47)44-38-34(39(48)49-5)29-20-19-26(40(2,3)4)22-33(29)51-38)50-28-17-12-16-27(23-28)42-36(46)31(21-25-15-10-11-18-30(25)41)43-35(45)24-13-8-7-9-14-24/h7-18,21,23,26,32H,6,19-20,22H2,1-5H3,(H,42,46)(H,43,45)(H,44,47)/b31-21-. The number of carbonyl (C=O) groups is 4. The van der Waals surface area contributed by atoms with E-state index in [0.717, 1.165) is 34.6 Å². The SMILES string of the molecule is CCC(Sc1cccc(NC(=O)/C(=C/c2ccccc2F)NC(=O)c2ccccc2)c1)C(=O)Nc1sc2c(c1C(=O)OC)CCC(C(C)(C)C)C2. The lowest BCUT2D eigenvalue weighted by atomic mass is 9.72. The van der Waals surface area contributed by atoms with Crippen molar-refractivity contribution in [1.29, 1.82) is 0 Å². The van der Waals surface area contributed by atoms with Crippen LogP contribution < -0.4 is 16.0 Å². The number of rotatable bonds is 11. The molecule has 3 amide bonds. The van der Waals surface area contributed by atoms with Crippen molar-refractivity contribution in [3.63, 3.8) is 0 Å². The molecule has 11 heteroatoms. The number of benzene rings is 3. The number of amides is 3. The van der Waals surface area contributed by atoms with Gasteiger partial charge < -0.3 is 20.7 Å². The summed E-state index contributed by atoms with van der Waals surface area (Å²) in [5.74, 6) is -1.95. The molecule has 0 saturated carbocycles. The summed E-state index contributed by atoms with van der Waals surface area (Å²) in [4.78, 5) is 55.0. The van der Waals surface area contributed by atoms with Crippen molar-refractivity contribution in [2.75, 3.05) is 17.7 Å².